The Morgan fingerprint density at radius 1 is 1.06 bits per heavy atom. The Morgan fingerprint density at radius 3 is 2.65 bits per heavy atom. The number of benzene rings is 2. The van der Waals surface area contributed by atoms with E-state index in [0.29, 0.717) is 37.3 Å². The standard InChI is InChI=1S/C23H22N4O3S/c1-14-7-8-20-16(11-14)17(15-5-3-4-6-19(15)24-20)12-27-10-9-21-18(13-27)22(28)26-23(25-21)31(2,29)30/h3-8,11H,9-10,12-13H2,1-2H3,(H,25,26,28). The largest absolute Gasteiger partial charge is 0.297 e. The summed E-state index contributed by atoms with van der Waals surface area (Å²) in [5.41, 5.74) is 4.99. The van der Waals surface area contributed by atoms with Gasteiger partial charge in [-0.2, -0.15) is 0 Å². The lowest BCUT2D eigenvalue weighted by molar-refractivity contribution is 0.242. The van der Waals surface area contributed by atoms with Gasteiger partial charge in [0, 0.05) is 43.1 Å². The van der Waals surface area contributed by atoms with Crippen LogP contribution in [-0.4, -0.2) is 41.1 Å². The molecule has 31 heavy (non-hydrogen) atoms. The molecule has 0 bridgehead atoms. The van der Waals surface area contributed by atoms with E-state index in [1.807, 2.05) is 24.3 Å². The number of aromatic amines is 1. The zero-order valence-corrected chi connectivity index (χ0v) is 18.2. The van der Waals surface area contributed by atoms with Crippen molar-refractivity contribution in [2.75, 3.05) is 12.8 Å². The van der Waals surface area contributed by atoms with Crippen molar-refractivity contribution in [1.82, 2.24) is 19.9 Å². The molecule has 5 rings (SSSR count). The normalized spacial score (nSPS) is 14.8. The predicted octanol–water partition coefficient (Wildman–Crippen LogP) is 2.74. The highest BCUT2D eigenvalue weighted by Gasteiger charge is 2.24. The molecule has 1 N–H and O–H groups in total. The maximum Gasteiger partial charge on any atom is 0.256 e. The highest BCUT2D eigenvalue weighted by molar-refractivity contribution is 7.90. The number of pyridine rings is 1. The highest BCUT2D eigenvalue weighted by atomic mass is 32.2. The van der Waals surface area contributed by atoms with Crippen LogP contribution in [0.5, 0.6) is 0 Å². The minimum Gasteiger partial charge on any atom is -0.297 e. The molecule has 1 aliphatic heterocycles. The Labute approximate surface area is 179 Å². The third-order valence-electron chi connectivity index (χ3n) is 5.81. The van der Waals surface area contributed by atoms with Crippen LogP contribution in [0.25, 0.3) is 21.8 Å². The van der Waals surface area contributed by atoms with E-state index in [-0.39, 0.29) is 10.7 Å². The number of rotatable bonds is 3. The van der Waals surface area contributed by atoms with E-state index in [0.717, 1.165) is 28.1 Å². The maximum atomic E-state index is 12.6. The number of para-hydroxylation sites is 1. The van der Waals surface area contributed by atoms with Gasteiger partial charge in [0.2, 0.25) is 15.0 Å². The number of H-pyrrole nitrogens is 1. The minimum absolute atomic E-state index is 0.258. The van der Waals surface area contributed by atoms with E-state index < -0.39 is 9.84 Å². The number of hydrogen-bond acceptors (Lipinski definition) is 6. The van der Waals surface area contributed by atoms with Crippen molar-refractivity contribution >= 4 is 31.6 Å². The fourth-order valence-corrected chi connectivity index (χ4v) is 4.81. The molecule has 2 aromatic carbocycles. The summed E-state index contributed by atoms with van der Waals surface area (Å²) in [6.07, 6.45) is 1.58. The summed E-state index contributed by atoms with van der Waals surface area (Å²) in [4.78, 5) is 26.3. The molecule has 1 aliphatic rings. The molecule has 8 heteroatoms. The van der Waals surface area contributed by atoms with Crippen molar-refractivity contribution in [1.29, 1.82) is 0 Å². The van der Waals surface area contributed by atoms with Gasteiger partial charge < -0.3 is 0 Å². The number of sulfone groups is 1. The summed E-state index contributed by atoms with van der Waals surface area (Å²) >= 11 is 0. The molecule has 0 saturated heterocycles. The lowest BCUT2D eigenvalue weighted by atomic mass is 9.99. The second kappa shape index (κ2) is 7.25. The first kappa shape index (κ1) is 19.8. The second-order valence-electron chi connectivity index (χ2n) is 8.16. The van der Waals surface area contributed by atoms with Crippen LogP contribution in [-0.2, 0) is 29.3 Å². The molecular formula is C23H22N4O3S. The smallest absolute Gasteiger partial charge is 0.256 e. The lowest BCUT2D eigenvalue weighted by Gasteiger charge is -2.28. The van der Waals surface area contributed by atoms with Crippen LogP contribution >= 0.6 is 0 Å². The van der Waals surface area contributed by atoms with Gasteiger partial charge in [-0.15, -0.1) is 0 Å². The number of nitrogens with one attached hydrogen (secondary N) is 1. The molecular weight excluding hydrogens is 412 g/mol. The van der Waals surface area contributed by atoms with E-state index in [9.17, 15) is 13.2 Å². The zero-order chi connectivity index (χ0) is 21.8. The van der Waals surface area contributed by atoms with Crippen molar-refractivity contribution in [3.05, 3.63) is 75.2 Å². The first-order valence-corrected chi connectivity index (χ1v) is 12.0. The molecule has 3 heterocycles. The van der Waals surface area contributed by atoms with Gasteiger partial charge in [-0.25, -0.2) is 18.4 Å². The predicted molar refractivity (Wildman–Crippen MR) is 120 cm³/mol. The second-order valence-corrected chi connectivity index (χ2v) is 10.1. The van der Waals surface area contributed by atoms with Crippen LogP contribution in [0.15, 0.2) is 52.4 Å². The number of aryl methyl sites for hydroxylation is 1. The van der Waals surface area contributed by atoms with Crippen molar-refractivity contribution in [3.8, 4) is 0 Å². The molecule has 0 aliphatic carbocycles. The third-order valence-corrected chi connectivity index (χ3v) is 6.70. The van der Waals surface area contributed by atoms with Crippen molar-refractivity contribution in [3.63, 3.8) is 0 Å². The number of hydrogen-bond donors (Lipinski definition) is 1. The zero-order valence-electron chi connectivity index (χ0n) is 17.3. The van der Waals surface area contributed by atoms with Gasteiger partial charge in [-0.3, -0.25) is 14.7 Å². The molecule has 0 atom stereocenters. The lowest BCUT2D eigenvalue weighted by Crippen LogP contribution is -2.36. The molecule has 2 aromatic heterocycles. The van der Waals surface area contributed by atoms with E-state index in [1.54, 1.807) is 0 Å². The van der Waals surface area contributed by atoms with Crippen molar-refractivity contribution < 1.29 is 8.42 Å². The number of fused-ring (bicyclic) bond motifs is 3. The fourth-order valence-electron chi connectivity index (χ4n) is 4.25. The molecule has 4 aromatic rings. The number of aromatic nitrogens is 3. The van der Waals surface area contributed by atoms with Crippen LogP contribution < -0.4 is 5.56 Å². The quantitative estimate of drug-likeness (QED) is 0.393. The topological polar surface area (TPSA) is 96.0 Å². The van der Waals surface area contributed by atoms with Crippen LogP contribution in [0, 0.1) is 6.92 Å². The van der Waals surface area contributed by atoms with Gasteiger partial charge in [-0.1, -0.05) is 29.8 Å². The fraction of sp³-hybridized carbons (Fsp3) is 0.261. The molecule has 0 amide bonds. The average molecular weight is 435 g/mol. The van der Waals surface area contributed by atoms with Crippen LogP contribution in [0.4, 0.5) is 0 Å². The Kier molecular flexibility index (Phi) is 4.64. The van der Waals surface area contributed by atoms with Crippen LogP contribution in [0.2, 0.25) is 0 Å². The summed E-state index contributed by atoms with van der Waals surface area (Å²) in [6.45, 7) is 3.85. The van der Waals surface area contributed by atoms with Crippen molar-refractivity contribution in [2.45, 2.75) is 31.6 Å². The van der Waals surface area contributed by atoms with Gasteiger partial charge in [-0.05, 0) is 30.7 Å². The Balaban J connectivity index is 1.57. The van der Waals surface area contributed by atoms with E-state index in [2.05, 4.69) is 40.0 Å². The van der Waals surface area contributed by atoms with E-state index >= 15 is 0 Å². The van der Waals surface area contributed by atoms with Gasteiger partial charge in [0.05, 0.1) is 22.3 Å². The molecule has 0 saturated carbocycles. The maximum absolute atomic E-state index is 12.6. The number of nitrogens with zero attached hydrogens (tertiary/aromatic N) is 3. The van der Waals surface area contributed by atoms with Gasteiger partial charge >= 0.3 is 0 Å². The van der Waals surface area contributed by atoms with Gasteiger partial charge in [0.15, 0.2) is 0 Å². The molecule has 0 unspecified atom stereocenters. The van der Waals surface area contributed by atoms with E-state index in [4.69, 9.17) is 4.98 Å². The molecule has 0 fully saturated rings. The van der Waals surface area contributed by atoms with Gasteiger partial charge in [0.1, 0.15) is 0 Å². The summed E-state index contributed by atoms with van der Waals surface area (Å²) in [5, 5.41) is 1.96. The summed E-state index contributed by atoms with van der Waals surface area (Å²) < 4.78 is 23.6. The average Bonchev–Trinajstić information content (AvgIpc) is 2.73. The highest BCUT2D eigenvalue weighted by Crippen LogP contribution is 2.29. The molecule has 7 nitrogen and oxygen atoms in total. The first-order valence-electron chi connectivity index (χ1n) is 10.1. The Bertz CT molecular complexity index is 1510. The van der Waals surface area contributed by atoms with Gasteiger partial charge in [0.25, 0.3) is 5.56 Å². The third kappa shape index (κ3) is 3.62. The molecule has 158 valence electrons. The van der Waals surface area contributed by atoms with Crippen LogP contribution in [0.3, 0.4) is 0 Å². The van der Waals surface area contributed by atoms with E-state index in [1.165, 1.54) is 11.1 Å². The van der Waals surface area contributed by atoms with Crippen molar-refractivity contribution in [2.24, 2.45) is 0 Å². The SMILES string of the molecule is Cc1ccc2nc3ccccc3c(CN3CCc4nc(S(C)(=O)=O)[nH]c(=O)c4C3)c2c1. The van der Waals surface area contributed by atoms with Crippen LogP contribution in [0.1, 0.15) is 22.4 Å². The summed E-state index contributed by atoms with van der Waals surface area (Å²) in [5.74, 6) is 0. The Morgan fingerprint density at radius 2 is 1.84 bits per heavy atom. The summed E-state index contributed by atoms with van der Waals surface area (Å²) in [6, 6.07) is 14.4. The molecule has 0 spiro atoms. The summed E-state index contributed by atoms with van der Waals surface area (Å²) in [7, 11) is -3.56. The monoisotopic (exact) mass is 434 g/mol. The Hall–Kier alpha value is -3.10. The minimum atomic E-state index is -3.56. The first-order chi connectivity index (χ1) is 14.8. The molecule has 0 radical (unpaired) electrons.